The second kappa shape index (κ2) is 7.37. The first-order valence-corrected chi connectivity index (χ1v) is 8.71. The molecule has 0 aromatic heterocycles. The van der Waals surface area contributed by atoms with E-state index < -0.39 is 0 Å². The van der Waals surface area contributed by atoms with Crippen molar-refractivity contribution in [1.82, 2.24) is 4.90 Å². The zero-order valence-electron chi connectivity index (χ0n) is 13.6. The first-order valence-electron chi connectivity index (χ1n) is 7.92. The molecule has 122 valence electrons. The number of ether oxygens (including phenoxy) is 2. The van der Waals surface area contributed by atoms with Crippen LogP contribution in [0.15, 0.2) is 46.9 Å². The topological polar surface area (TPSA) is 21.7 Å². The van der Waals surface area contributed by atoms with Crippen LogP contribution in [0.4, 0.5) is 0 Å². The van der Waals surface area contributed by atoms with E-state index >= 15 is 0 Å². The third kappa shape index (κ3) is 3.54. The summed E-state index contributed by atoms with van der Waals surface area (Å²) < 4.78 is 12.0. The number of rotatable bonds is 5. The summed E-state index contributed by atoms with van der Waals surface area (Å²) in [5.41, 5.74) is 2.63. The summed E-state index contributed by atoms with van der Waals surface area (Å²) in [6.07, 6.45) is 2.41. The minimum atomic E-state index is 0.432. The first kappa shape index (κ1) is 16.3. The molecule has 0 spiro atoms. The Morgan fingerprint density at radius 1 is 1.09 bits per heavy atom. The molecule has 0 bridgehead atoms. The predicted octanol–water partition coefficient (Wildman–Crippen LogP) is 4.80. The van der Waals surface area contributed by atoms with Gasteiger partial charge in [0.15, 0.2) is 11.5 Å². The Kier molecular flexibility index (Phi) is 5.23. The van der Waals surface area contributed by atoms with Gasteiger partial charge in [0.05, 0.1) is 14.2 Å². The van der Waals surface area contributed by atoms with Gasteiger partial charge in [-0.2, -0.15) is 0 Å². The molecule has 23 heavy (non-hydrogen) atoms. The van der Waals surface area contributed by atoms with Gasteiger partial charge < -0.3 is 9.47 Å². The lowest BCUT2D eigenvalue weighted by Crippen LogP contribution is -2.23. The molecular formula is C19H22BrNO2. The summed E-state index contributed by atoms with van der Waals surface area (Å²) >= 11 is 3.66. The number of hydrogen-bond donors (Lipinski definition) is 0. The summed E-state index contributed by atoms with van der Waals surface area (Å²) in [5.74, 6) is 1.59. The summed E-state index contributed by atoms with van der Waals surface area (Å²) in [5, 5.41) is 0. The van der Waals surface area contributed by atoms with Crippen LogP contribution in [0.3, 0.4) is 0 Å². The van der Waals surface area contributed by atoms with Gasteiger partial charge in [-0.1, -0.05) is 40.2 Å². The molecule has 3 rings (SSSR count). The van der Waals surface area contributed by atoms with Crippen LogP contribution in [0.5, 0.6) is 11.5 Å². The minimum absolute atomic E-state index is 0.432. The van der Waals surface area contributed by atoms with Crippen molar-refractivity contribution < 1.29 is 9.47 Å². The number of hydrogen-bond acceptors (Lipinski definition) is 3. The van der Waals surface area contributed by atoms with Crippen LogP contribution in [0.2, 0.25) is 0 Å². The summed E-state index contributed by atoms with van der Waals surface area (Å²) in [6, 6.07) is 15.2. The van der Waals surface area contributed by atoms with Crippen molar-refractivity contribution >= 4 is 15.9 Å². The van der Waals surface area contributed by atoms with E-state index in [0.29, 0.717) is 6.04 Å². The summed E-state index contributed by atoms with van der Waals surface area (Å²) in [7, 11) is 3.36. The fraction of sp³-hybridized carbons (Fsp3) is 0.368. The molecule has 0 aliphatic carbocycles. The molecule has 0 N–H and O–H groups in total. The standard InChI is InChI=1S/C19H22BrNO2/c1-22-18-10-9-14(12-19(18)23-2)17-8-5-11-21(17)13-15-6-3-4-7-16(15)20/h3-4,6-7,9-10,12,17H,5,8,11,13H2,1-2H3. The van der Waals surface area contributed by atoms with Crippen molar-refractivity contribution in [2.45, 2.75) is 25.4 Å². The molecule has 3 nitrogen and oxygen atoms in total. The SMILES string of the molecule is COc1ccc(C2CCCN2Cc2ccccc2Br)cc1OC. The third-order valence-electron chi connectivity index (χ3n) is 4.49. The van der Waals surface area contributed by atoms with Gasteiger partial charge in [0.1, 0.15) is 0 Å². The van der Waals surface area contributed by atoms with Crippen molar-refractivity contribution in [2.75, 3.05) is 20.8 Å². The molecule has 2 aromatic rings. The Morgan fingerprint density at radius 3 is 2.61 bits per heavy atom. The number of methoxy groups -OCH3 is 2. The Hall–Kier alpha value is -1.52. The molecule has 1 unspecified atom stereocenters. The maximum absolute atomic E-state index is 5.46. The van der Waals surface area contributed by atoms with Gasteiger partial charge >= 0.3 is 0 Å². The highest BCUT2D eigenvalue weighted by atomic mass is 79.9. The molecule has 0 amide bonds. The second-order valence-electron chi connectivity index (χ2n) is 5.83. The molecule has 0 saturated carbocycles. The van der Waals surface area contributed by atoms with Crippen LogP contribution in [0.1, 0.15) is 30.0 Å². The molecule has 1 heterocycles. The highest BCUT2D eigenvalue weighted by Gasteiger charge is 2.27. The molecule has 1 fully saturated rings. The highest BCUT2D eigenvalue weighted by molar-refractivity contribution is 9.10. The van der Waals surface area contributed by atoms with E-state index in [1.807, 2.05) is 6.07 Å². The number of benzene rings is 2. The van der Waals surface area contributed by atoms with E-state index in [9.17, 15) is 0 Å². The predicted molar refractivity (Wildman–Crippen MR) is 96.1 cm³/mol. The van der Waals surface area contributed by atoms with E-state index in [-0.39, 0.29) is 0 Å². The van der Waals surface area contributed by atoms with Crippen LogP contribution in [-0.2, 0) is 6.54 Å². The second-order valence-corrected chi connectivity index (χ2v) is 6.69. The van der Waals surface area contributed by atoms with E-state index in [1.54, 1.807) is 14.2 Å². The fourth-order valence-electron chi connectivity index (χ4n) is 3.30. The fourth-order valence-corrected chi connectivity index (χ4v) is 3.71. The third-order valence-corrected chi connectivity index (χ3v) is 5.26. The van der Waals surface area contributed by atoms with E-state index in [1.165, 1.54) is 28.4 Å². The van der Waals surface area contributed by atoms with Gasteiger partial charge in [-0.25, -0.2) is 0 Å². The Balaban J connectivity index is 1.83. The van der Waals surface area contributed by atoms with Crippen LogP contribution < -0.4 is 9.47 Å². The van der Waals surface area contributed by atoms with Crippen molar-refractivity contribution in [1.29, 1.82) is 0 Å². The smallest absolute Gasteiger partial charge is 0.161 e. The van der Waals surface area contributed by atoms with E-state index in [2.05, 4.69) is 57.2 Å². The normalized spacial score (nSPS) is 18.1. The molecule has 1 aliphatic rings. The molecule has 2 aromatic carbocycles. The van der Waals surface area contributed by atoms with Gasteiger partial charge in [0, 0.05) is 17.1 Å². The highest BCUT2D eigenvalue weighted by Crippen LogP contribution is 2.38. The van der Waals surface area contributed by atoms with Crippen LogP contribution in [0, 0.1) is 0 Å². The average Bonchev–Trinajstić information content (AvgIpc) is 3.04. The zero-order chi connectivity index (χ0) is 16.2. The molecule has 4 heteroatoms. The van der Waals surface area contributed by atoms with Crippen molar-refractivity contribution in [3.63, 3.8) is 0 Å². The molecule has 0 radical (unpaired) electrons. The van der Waals surface area contributed by atoms with Gasteiger partial charge in [0.2, 0.25) is 0 Å². The minimum Gasteiger partial charge on any atom is -0.493 e. The molecule has 1 saturated heterocycles. The van der Waals surface area contributed by atoms with Gasteiger partial charge in [0.25, 0.3) is 0 Å². The molecule has 1 aliphatic heterocycles. The largest absolute Gasteiger partial charge is 0.493 e. The van der Waals surface area contributed by atoms with Crippen LogP contribution in [-0.4, -0.2) is 25.7 Å². The monoisotopic (exact) mass is 375 g/mol. The summed E-state index contributed by atoms with van der Waals surface area (Å²) in [4.78, 5) is 2.54. The lowest BCUT2D eigenvalue weighted by Gasteiger charge is -2.26. The number of halogens is 1. The quantitative estimate of drug-likeness (QED) is 0.748. The molecule has 1 atom stereocenters. The van der Waals surface area contributed by atoms with Gasteiger partial charge in [-0.3, -0.25) is 4.90 Å². The van der Waals surface area contributed by atoms with Crippen molar-refractivity contribution in [2.24, 2.45) is 0 Å². The van der Waals surface area contributed by atoms with E-state index in [0.717, 1.165) is 24.6 Å². The lowest BCUT2D eigenvalue weighted by atomic mass is 10.0. The van der Waals surface area contributed by atoms with Crippen LogP contribution >= 0.6 is 15.9 Å². The van der Waals surface area contributed by atoms with Crippen molar-refractivity contribution in [3.8, 4) is 11.5 Å². The van der Waals surface area contributed by atoms with Crippen LogP contribution in [0.25, 0.3) is 0 Å². The Labute approximate surface area is 146 Å². The summed E-state index contributed by atoms with van der Waals surface area (Å²) in [6.45, 7) is 2.08. The van der Waals surface area contributed by atoms with E-state index in [4.69, 9.17) is 9.47 Å². The average molecular weight is 376 g/mol. The Bertz CT molecular complexity index is 674. The first-order chi connectivity index (χ1) is 11.2. The number of nitrogens with zero attached hydrogens (tertiary/aromatic N) is 1. The van der Waals surface area contributed by atoms with Crippen molar-refractivity contribution in [3.05, 3.63) is 58.1 Å². The number of likely N-dealkylation sites (tertiary alicyclic amines) is 1. The maximum atomic E-state index is 5.46. The maximum Gasteiger partial charge on any atom is 0.161 e. The van der Waals surface area contributed by atoms with Gasteiger partial charge in [-0.15, -0.1) is 0 Å². The van der Waals surface area contributed by atoms with Gasteiger partial charge in [-0.05, 0) is 48.7 Å². The lowest BCUT2D eigenvalue weighted by molar-refractivity contribution is 0.247. The molecular weight excluding hydrogens is 354 g/mol. The zero-order valence-corrected chi connectivity index (χ0v) is 15.2. The Morgan fingerprint density at radius 2 is 1.87 bits per heavy atom.